The second kappa shape index (κ2) is 7.57. The van der Waals surface area contributed by atoms with Gasteiger partial charge < -0.3 is 20.7 Å². The molecule has 0 saturated heterocycles. The molecule has 1 aromatic heterocycles. The van der Waals surface area contributed by atoms with Gasteiger partial charge in [0.1, 0.15) is 6.04 Å². The summed E-state index contributed by atoms with van der Waals surface area (Å²) >= 11 is 0. The molecule has 0 bridgehead atoms. The van der Waals surface area contributed by atoms with E-state index in [2.05, 4.69) is 5.32 Å². The number of nitrogens with one attached hydrogen (secondary N) is 1. The molecule has 23 heavy (non-hydrogen) atoms. The van der Waals surface area contributed by atoms with Gasteiger partial charge in [-0.2, -0.15) is 0 Å². The van der Waals surface area contributed by atoms with Crippen LogP contribution in [0.1, 0.15) is 26.7 Å². The molecule has 0 radical (unpaired) electrons. The average Bonchev–Trinajstić information content (AvgIpc) is 2.44. The normalized spacial score (nSPS) is 12.4. The highest BCUT2D eigenvalue weighted by atomic mass is 16.4. The number of pyridine rings is 1. The summed E-state index contributed by atoms with van der Waals surface area (Å²) < 4.78 is 1.37. The molecular weight excluding hydrogens is 302 g/mol. The molecule has 1 aromatic rings. The highest BCUT2D eigenvalue weighted by Crippen LogP contribution is 2.18. The van der Waals surface area contributed by atoms with Crippen molar-refractivity contribution in [2.75, 3.05) is 0 Å². The van der Waals surface area contributed by atoms with E-state index in [9.17, 15) is 19.2 Å². The fraction of sp³-hybridized carbons (Fsp3) is 0.467. The van der Waals surface area contributed by atoms with Crippen LogP contribution in [0.25, 0.3) is 0 Å². The summed E-state index contributed by atoms with van der Waals surface area (Å²) in [7, 11) is 0. The molecule has 0 aliphatic carbocycles. The van der Waals surface area contributed by atoms with Crippen LogP contribution in [0.5, 0.6) is 0 Å². The van der Waals surface area contributed by atoms with Gasteiger partial charge >= 0.3 is 5.97 Å². The number of carbonyl (C=O) groups is 3. The molecule has 0 aliphatic rings. The number of rotatable bonds is 8. The van der Waals surface area contributed by atoms with Crippen LogP contribution in [0.3, 0.4) is 0 Å². The predicted octanol–water partition coefficient (Wildman–Crippen LogP) is -0.291. The first-order valence-corrected chi connectivity index (χ1v) is 7.11. The van der Waals surface area contributed by atoms with Gasteiger partial charge in [0.05, 0.1) is 5.41 Å². The maximum absolute atomic E-state index is 12.3. The third-order valence-corrected chi connectivity index (χ3v) is 3.36. The molecule has 0 spiro atoms. The number of aromatic nitrogens is 1. The second-order valence-corrected chi connectivity index (χ2v) is 5.92. The van der Waals surface area contributed by atoms with E-state index >= 15 is 0 Å². The molecule has 0 saturated carbocycles. The summed E-state index contributed by atoms with van der Waals surface area (Å²) in [5, 5.41) is 11.5. The summed E-state index contributed by atoms with van der Waals surface area (Å²) in [4.78, 5) is 46.0. The number of carbonyl (C=O) groups excluding carboxylic acids is 2. The van der Waals surface area contributed by atoms with Gasteiger partial charge in [0.25, 0.3) is 5.56 Å². The third-order valence-electron chi connectivity index (χ3n) is 3.36. The largest absolute Gasteiger partial charge is 0.480 e. The maximum Gasteiger partial charge on any atom is 0.326 e. The minimum atomic E-state index is -1.24. The van der Waals surface area contributed by atoms with Gasteiger partial charge in [-0.15, -0.1) is 0 Å². The predicted molar refractivity (Wildman–Crippen MR) is 82.5 cm³/mol. The SMILES string of the molecule is CC(C)(Cn1ccccc1=O)C(=O)NC(CCC(N)=O)C(=O)O. The number of amides is 2. The number of hydrogen-bond donors (Lipinski definition) is 3. The molecule has 0 aromatic carbocycles. The maximum atomic E-state index is 12.3. The van der Waals surface area contributed by atoms with Crippen LogP contribution >= 0.6 is 0 Å². The lowest BCUT2D eigenvalue weighted by Gasteiger charge is -2.26. The lowest BCUT2D eigenvalue weighted by Crippen LogP contribution is -2.48. The zero-order valence-electron chi connectivity index (χ0n) is 13.1. The van der Waals surface area contributed by atoms with Crippen molar-refractivity contribution in [3.63, 3.8) is 0 Å². The fourth-order valence-electron chi connectivity index (χ4n) is 1.99. The summed E-state index contributed by atoms with van der Waals surface area (Å²) in [5.74, 6) is -2.40. The molecule has 4 N–H and O–H groups in total. The number of carboxylic acid groups (broad SMARTS) is 1. The Bertz CT molecular complexity index is 651. The van der Waals surface area contributed by atoms with Crippen molar-refractivity contribution in [2.24, 2.45) is 11.1 Å². The first-order chi connectivity index (χ1) is 10.6. The Morgan fingerprint density at radius 1 is 1.35 bits per heavy atom. The lowest BCUT2D eigenvalue weighted by molar-refractivity contribution is -0.144. The van der Waals surface area contributed by atoms with Crippen LogP contribution in [-0.2, 0) is 20.9 Å². The third kappa shape index (κ3) is 5.57. The van der Waals surface area contributed by atoms with Gasteiger partial charge in [-0.05, 0) is 26.3 Å². The zero-order valence-corrected chi connectivity index (χ0v) is 13.1. The molecule has 8 heteroatoms. The van der Waals surface area contributed by atoms with Gasteiger partial charge in [0.15, 0.2) is 0 Å². The Balaban J connectivity index is 2.80. The van der Waals surface area contributed by atoms with E-state index in [1.54, 1.807) is 32.2 Å². The fourth-order valence-corrected chi connectivity index (χ4v) is 1.99. The Labute approximate surface area is 133 Å². The summed E-state index contributed by atoms with van der Waals surface area (Å²) in [5.41, 5.74) is 3.73. The molecule has 1 atom stereocenters. The van der Waals surface area contributed by atoms with Crippen LogP contribution in [-0.4, -0.2) is 33.5 Å². The highest BCUT2D eigenvalue weighted by Gasteiger charge is 2.32. The summed E-state index contributed by atoms with van der Waals surface area (Å²) in [6.45, 7) is 3.31. The van der Waals surface area contributed by atoms with Crippen molar-refractivity contribution < 1.29 is 19.5 Å². The monoisotopic (exact) mass is 323 g/mol. The van der Waals surface area contributed by atoms with E-state index in [0.29, 0.717) is 0 Å². The van der Waals surface area contributed by atoms with E-state index in [0.717, 1.165) is 0 Å². The first-order valence-electron chi connectivity index (χ1n) is 7.11. The number of primary amides is 1. The van der Waals surface area contributed by atoms with Gasteiger partial charge in [0, 0.05) is 25.2 Å². The molecular formula is C15H21N3O5. The van der Waals surface area contributed by atoms with E-state index in [-0.39, 0.29) is 24.9 Å². The Hall–Kier alpha value is -2.64. The van der Waals surface area contributed by atoms with Crippen LogP contribution in [0.4, 0.5) is 0 Å². The minimum absolute atomic E-state index is 0.0855. The van der Waals surface area contributed by atoms with Crippen molar-refractivity contribution in [2.45, 2.75) is 39.3 Å². The van der Waals surface area contributed by atoms with E-state index < -0.39 is 29.2 Å². The van der Waals surface area contributed by atoms with Crippen molar-refractivity contribution >= 4 is 17.8 Å². The lowest BCUT2D eigenvalue weighted by atomic mass is 9.91. The first kappa shape index (κ1) is 18.4. The minimum Gasteiger partial charge on any atom is -0.480 e. The highest BCUT2D eigenvalue weighted by molar-refractivity contribution is 5.87. The Kier molecular flexibility index (Phi) is 6.06. The van der Waals surface area contributed by atoms with Gasteiger partial charge in [0.2, 0.25) is 11.8 Å². The van der Waals surface area contributed by atoms with Crippen LogP contribution < -0.4 is 16.6 Å². The summed E-state index contributed by atoms with van der Waals surface area (Å²) in [6.07, 6.45) is 1.33. The molecule has 2 amide bonds. The van der Waals surface area contributed by atoms with Crippen molar-refractivity contribution in [1.29, 1.82) is 0 Å². The van der Waals surface area contributed by atoms with Crippen LogP contribution in [0.2, 0.25) is 0 Å². The molecule has 0 fully saturated rings. The van der Waals surface area contributed by atoms with Crippen molar-refractivity contribution in [1.82, 2.24) is 9.88 Å². The number of aliphatic carboxylic acids is 1. The van der Waals surface area contributed by atoms with Crippen LogP contribution in [0.15, 0.2) is 29.2 Å². The number of hydrogen-bond acceptors (Lipinski definition) is 4. The van der Waals surface area contributed by atoms with Crippen LogP contribution in [0, 0.1) is 5.41 Å². The molecule has 1 heterocycles. The van der Waals surface area contributed by atoms with Crippen molar-refractivity contribution in [3.05, 3.63) is 34.7 Å². The standard InChI is InChI=1S/C15H21N3O5/c1-15(2,9-18-8-4-3-5-12(18)20)14(23)17-10(13(21)22)6-7-11(16)19/h3-5,8,10H,6-7,9H2,1-2H3,(H2,16,19)(H,17,23)(H,21,22). The number of carboxylic acids is 1. The second-order valence-electron chi connectivity index (χ2n) is 5.92. The van der Waals surface area contributed by atoms with E-state index in [1.807, 2.05) is 0 Å². The molecule has 1 unspecified atom stereocenters. The van der Waals surface area contributed by atoms with E-state index in [4.69, 9.17) is 10.8 Å². The van der Waals surface area contributed by atoms with Gasteiger partial charge in [-0.25, -0.2) is 4.79 Å². The quantitative estimate of drug-likeness (QED) is 0.605. The number of nitrogens with zero attached hydrogens (tertiary/aromatic N) is 1. The van der Waals surface area contributed by atoms with Gasteiger partial charge in [-0.3, -0.25) is 14.4 Å². The molecule has 1 rings (SSSR count). The molecule has 8 nitrogen and oxygen atoms in total. The topological polar surface area (TPSA) is 131 Å². The summed E-state index contributed by atoms with van der Waals surface area (Å²) in [6, 6.07) is 3.43. The van der Waals surface area contributed by atoms with E-state index in [1.165, 1.54) is 10.6 Å². The Morgan fingerprint density at radius 3 is 2.52 bits per heavy atom. The smallest absolute Gasteiger partial charge is 0.326 e. The number of nitrogens with two attached hydrogens (primary N) is 1. The molecule has 0 aliphatic heterocycles. The zero-order chi connectivity index (χ0) is 17.6. The Morgan fingerprint density at radius 2 is 2.00 bits per heavy atom. The van der Waals surface area contributed by atoms with Gasteiger partial charge in [-0.1, -0.05) is 6.07 Å². The average molecular weight is 323 g/mol. The molecule has 126 valence electrons. The van der Waals surface area contributed by atoms with Crippen molar-refractivity contribution in [3.8, 4) is 0 Å².